The zero-order valence-electron chi connectivity index (χ0n) is 21.2. The van der Waals surface area contributed by atoms with Crippen LogP contribution in [0.1, 0.15) is 55.1 Å². The van der Waals surface area contributed by atoms with Crippen molar-refractivity contribution < 1.29 is 32.3 Å². The first-order valence-corrected chi connectivity index (χ1v) is 11.9. The molecule has 0 bridgehead atoms. The molecule has 1 aromatic heterocycles. The average Bonchev–Trinajstić information content (AvgIpc) is 2.84. The van der Waals surface area contributed by atoms with Gasteiger partial charge < -0.3 is 10.1 Å². The number of nitrogens with zero attached hydrogens (tertiary/aromatic N) is 1. The highest BCUT2D eigenvalue weighted by atomic mass is 19.4. The minimum Gasteiger partial charge on any atom is -0.444 e. The Bertz CT molecular complexity index is 1290. The third kappa shape index (κ3) is 8.75. The van der Waals surface area contributed by atoms with Gasteiger partial charge in [-0.3, -0.25) is 25.4 Å². The minimum absolute atomic E-state index is 0.0786. The number of nitrogens with one attached hydrogen (secondary N) is 3. The molecule has 202 valence electrons. The average molecular weight is 531 g/mol. The first-order valence-electron chi connectivity index (χ1n) is 11.9. The second kappa shape index (κ2) is 11.9. The number of alkyl carbamates (subject to hydrolysis) is 1. The standard InChI is InChI=1S/C27H29F3N4O4/c1-26(2,3)38-25(37)32-22(14-17-4-8-21(9-5-17)27(28,29)30)10-11-23(35)33-34-24(36)19-6-7-20-16-31-13-12-18(20)15-19/h4-9,12-13,15-16,22H,10-11,14H2,1-3H3,(H,32,37)(H,33,35)(H,34,36). The maximum atomic E-state index is 12.9. The van der Waals surface area contributed by atoms with Gasteiger partial charge in [-0.15, -0.1) is 0 Å². The Labute approximate surface area is 217 Å². The second-order valence-electron chi connectivity index (χ2n) is 9.72. The minimum atomic E-state index is -4.46. The maximum Gasteiger partial charge on any atom is 0.416 e. The molecule has 3 rings (SSSR count). The van der Waals surface area contributed by atoms with E-state index in [1.54, 1.807) is 57.4 Å². The molecule has 1 unspecified atom stereocenters. The lowest BCUT2D eigenvalue weighted by Crippen LogP contribution is -2.43. The summed E-state index contributed by atoms with van der Waals surface area (Å²) in [5.74, 6) is -1.02. The van der Waals surface area contributed by atoms with Gasteiger partial charge in [0.25, 0.3) is 5.91 Å². The van der Waals surface area contributed by atoms with Crippen LogP contribution in [0.25, 0.3) is 10.8 Å². The van der Waals surface area contributed by atoms with E-state index in [1.807, 2.05) is 0 Å². The molecule has 1 atom stereocenters. The van der Waals surface area contributed by atoms with Crippen molar-refractivity contribution in [2.24, 2.45) is 0 Å². The van der Waals surface area contributed by atoms with Crippen molar-refractivity contribution >= 4 is 28.7 Å². The predicted octanol–water partition coefficient (Wildman–Crippen LogP) is 4.93. The molecule has 0 radical (unpaired) electrons. The van der Waals surface area contributed by atoms with Gasteiger partial charge >= 0.3 is 12.3 Å². The van der Waals surface area contributed by atoms with E-state index in [2.05, 4.69) is 21.2 Å². The molecule has 3 amide bonds. The molecule has 0 aliphatic heterocycles. The molecule has 38 heavy (non-hydrogen) atoms. The van der Waals surface area contributed by atoms with Crippen LogP contribution in [0.2, 0.25) is 0 Å². The number of rotatable bonds is 7. The molecular weight excluding hydrogens is 501 g/mol. The van der Waals surface area contributed by atoms with Crippen molar-refractivity contribution in [1.29, 1.82) is 0 Å². The molecule has 3 aromatic rings. The first kappa shape index (κ1) is 28.4. The molecule has 0 saturated carbocycles. The number of hydrogen-bond acceptors (Lipinski definition) is 5. The Hall–Kier alpha value is -4.15. The van der Waals surface area contributed by atoms with Gasteiger partial charge in [0.05, 0.1) is 5.56 Å². The van der Waals surface area contributed by atoms with Crippen LogP contribution in [0.15, 0.2) is 60.9 Å². The number of halogens is 3. The summed E-state index contributed by atoms with van der Waals surface area (Å²) in [4.78, 5) is 41.2. The van der Waals surface area contributed by atoms with Gasteiger partial charge in [-0.25, -0.2) is 4.79 Å². The normalized spacial score (nSPS) is 12.5. The van der Waals surface area contributed by atoms with E-state index in [9.17, 15) is 27.6 Å². The van der Waals surface area contributed by atoms with Crippen LogP contribution in [0.3, 0.4) is 0 Å². The highest BCUT2D eigenvalue weighted by molar-refractivity contribution is 5.99. The van der Waals surface area contributed by atoms with Gasteiger partial charge in [0.1, 0.15) is 5.60 Å². The third-order valence-electron chi connectivity index (χ3n) is 5.42. The first-order chi connectivity index (χ1) is 17.8. The van der Waals surface area contributed by atoms with E-state index in [0.717, 1.165) is 22.9 Å². The number of pyridine rings is 1. The highest BCUT2D eigenvalue weighted by Gasteiger charge is 2.30. The molecule has 0 saturated heterocycles. The van der Waals surface area contributed by atoms with Crippen LogP contribution in [-0.2, 0) is 22.1 Å². The molecule has 3 N–H and O–H groups in total. The number of ether oxygens (including phenoxy) is 1. The van der Waals surface area contributed by atoms with Gasteiger partial charge in [-0.05, 0) is 74.9 Å². The van der Waals surface area contributed by atoms with Crippen LogP contribution in [0, 0.1) is 0 Å². The lowest BCUT2D eigenvalue weighted by atomic mass is 10.0. The number of alkyl halides is 3. The second-order valence-corrected chi connectivity index (χ2v) is 9.72. The smallest absolute Gasteiger partial charge is 0.416 e. The fourth-order valence-electron chi connectivity index (χ4n) is 3.60. The summed E-state index contributed by atoms with van der Waals surface area (Å²) in [6.07, 6.45) is -1.66. The van der Waals surface area contributed by atoms with Gasteiger partial charge in [-0.1, -0.05) is 18.2 Å². The third-order valence-corrected chi connectivity index (χ3v) is 5.42. The van der Waals surface area contributed by atoms with Crippen molar-refractivity contribution in [1.82, 2.24) is 21.2 Å². The number of benzene rings is 2. The Morgan fingerprint density at radius 2 is 1.66 bits per heavy atom. The van der Waals surface area contributed by atoms with Gasteiger partial charge in [0.15, 0.2) is 0 Å². The summed E-state index contributed by atoms with van der Waals surface area (Å²) < 4.78 is 43.9. The summed E-state index contributed by atoms with van der Waals surface area (Å²) in [7, 11) is 0. The SMILES string of the molecule is CC(C)(C)OC(=O)NC(CCC(=O)NNC(=O)c1ccc2cnccc2c1)Cc1ccc(C(F)(F)F)cc1. The highest BCUT2D eigenvalue weighted by Crippen LogP contribution is 2.29. The quantitative estimate of drug-likeness (QED) is 0.376. The zero-order chi connectivity index (χ0) is 27.9. The van der Waals surface area contributed by atoms with Crippen molar-refractivity contribution in [2.75, 3.05) is 0 Å². The fourth-order valence-corrected chi connectivity index (χ4v) is 3.60. The van der Waals surface area contributed by atoms with Crippen LogP contribution >= 0.6 is 0 Å². The molecule has 11 heteroatoms. The molecule has 0 aliphatic rings. The van der Waals surface area contributed by atoms with E-state index >= 15 is 0 Å². The van der Waals surface area contributed by atoms with Crippen LogP contribution in [0.5, 0.6) is 0 Å². The van der Waals surface area contributed by atoms with Gasteiger partial charge in [-0.2, -0.15) is 13.2 Å². The fraction of sp³-hybridized carbons (Fsp3) is 0.333. The number of amides is 3. The zero-order valence-corrected chi connectivity index (χ0v) is 21.2. The van der Waals surface area contributed by atoms with Crippen LogP contribution < -0.4 is 16.2 Å². The Morgan fingerprint density at radius 3 is 2.32 bits per heavy atom. The van der Waals surface area contributed by atoms with Crippen LogP contribution in [-0.4, -0.2) is 34.5 Å². The topological polar surface area (TPSA) is 109 Å². The Balaban J connectivity index is 1.58. The van der Waals surface area contributed by atoms with Crippen molar-refractivity contribution in [3.8, 4) is 0 Å². The van der Waals surface area contributed by atoms with Crippen molar-refractivity contribution in [2.45, 2.75) is 57.9 Å². The molecule has 8 nitrogen and oxygen atoms in total. The number of hydrazine groups is 1. The number of aromatic nitrogens is 1. The van der Waals surface area contributed by atoms with Crippen molar-refractivity contribution in [3.05, 3.63) is 77.6 Å². The summed E-state index contributed by atoms with van der Waals surface area (Å²) in [6, 6.07) is 10.7. The number of hydrogen-bond donors (Lipinski definition) is 3. The van der Waals surface area contributed by atoms with E-state index in [0.29, 0.717) is 11.1 Å². The summed E-state index contributed by atoms with van der Waals surface area (Å²) >= 11 is 0. The number of carbonyl (C=O) groups is 3. The largest absolute Gasteiger partial charge is 0.444 e. The molecular formula is C27H29F3N4O4. The molecule has 2 aromatic carbocycles. The van der Waals surface area contributed by atoms with E-state index < -0.39 is 41.3 Å². The molecule has 0 aliphatic carbocycles. The van der Waals surface area contributed by atoms with Gasteiger partial charge in [0.2, 0.25) is 5.91 Å². The predicted molar refractivity (Wildman–Crippen MR) is 135 cm³/mol. The Kier molecular flexibility index (Phi) is 8.92. The van der Waals surface area contributed by atoms with E-state index in [-0.39, 0.29) is 19.3 Å². The lowest BCUT2D eigenvalue weighted by Gasteiger charge is -2.24. The van der Waals surface area contributed by atoms with E-state index in [1.165, 1.54) is 12.1 Å². The summed E-state index contributed by atoms with van der Waals surface area (Å²) in [5, 5.41) is 4.36. The van der Waals surface area contributed by atoms with Crippen molar-refractivity contribution in [3.63, 3.8) is 0 Å². The maximum absolute atomic E-state index is 12.9. The summed E-state index contributed by atoms with van der Waals surface area (Å²) in [5.41, 5.74) is 4.04. The van der Waals surface area contributed by atoms with E-state index in [4.69, 9.17) is 4.74 Å². The molecule has 0 spiro atoms. The lowest BCUT2D eigenvalue weighted by molar-refractivity contribution is -0.137. The van der Waals surface area contributed by atoms with Crippen LogP contribution in [0.4, 0.5) is 18.0 Å². The van der Waals surface area contributed by atoms with Gasteiger partial charge in [0, 0.05) is 35.8 Å². The monoisotopic (exact) mass is 530 g/mol. The number of fused-ring (bicyclic) bond motifs is 1. The molecule has 0 fully saturated rings. The molecule has 1 heterocycles. The number of carbonyl (C=O) groups excluding carboxylic acids is 3. The Morgan fingerprint density at radius 1 is 0.947 bits per heavy atom. The summed E-state index contributed by atoms with van der Waals surface area (Å²) in [6.45, 7) is 5.08.